The van der Waals surface area contributed by atoms with Crippen LogP contribution in [0.2, 0.25) is 0 Å². The van der Waals surface area contributed by atoms with Crippen LogP contribution in [0.4, 0.5) is 0 Å². The van der Waals surface area contributed by atoms with Crippen LogP contribution >= 0.6 is 0 Å². The third kappa shape index (κ3) is 3.69. The van der Waals surface area contributed by atoms with E-state index in [9.17, 15) is 9.59 Å². The number of aryl methyl sites for hydroxylation is 1. The predicted octanol–water partition coefficient (Wildman–Crippen LogP) is 3.36. The Morgan fingerprint density at radius 3 is 2.93 bits per heavy atom. The summed E-state index contributed by atoms with van der Waals surface area (Å²) in [6, 6.07) is 12.7. The lowest BCUT2D eigenvalue weighted by Gasteiger charge is -2.32. The van der Waals surface area contributed by atoms with Crippen LogP contribution in [0.25, 0.3) is 11.3 Å². The molecule has 1 unspecified atom stereocenters. The van der Waals surface area contributed by atoms with Crippen LogP contribution in [0, 0.1) is 6.92 Å². The highest BCUT2D eigenvalue weighted by Crippen LogP contribution is 2.27. The minimum atomic E-state index is -0.146. The molecule has 6 nitrogen and oxygen atoms in total. The SMILES string of the molecule is Cc1nc(C2CCCN(C(=O)c3cccc(-c4ccco4)c3)C2)cc(=O)[nH]1. The van der Waals surface area contributed by atoms with Crippen molar-refractivity contribution < 1.29 is 9.21 Å². The topological polar surface area (TPSA) is 79.2 Å². The first-order chi connectivity index (χ1) is 13.1. The number of carbonyl (C=O) groups is 1. The van der Waals surface area contributed by atoms with Gasteiger partial charge in [-0.25, -0.2) is 4.98 Å². The van der Waals surface area contributed by atoms with Crippen LogP contribution in [0.15, 0.2) is 57.9 Å². The van der Waals surface area contributed by atoms with E-state index in [1.54, 1.807) is 19.3 Å². The number of piperidine rings is 1. The Balaban J connectivity index is 1.55. The zero-order valence-corrected chi connectivity index (χ0v) is 15.1. The fourth-order valence-corrected chi connectivity index (χ4v) is 3.65. The molecular weight excluding hydrogens is 342 g/mol. The first-order valence-electron chi connectivity index (χ1n) is 9.11. The molecule has 1 aliphatic heterocycles. The van der Waals surface area contributed by atoms with E-state index in [2.05, 4.69) is 9.97 Å². The summed E-state index contributed by atoms with van der Waals surface area (Å²) in [7, 11) is 0. The van der Waals surface area contributed by atoms with E-state index in [0.29, 0.717) is 24.5 Å². The molecule has 1 N–H and O–H groups in total. The van der Waals surface area contributed by atoms with E-state index in [0.717, 1.165) is 29.9 Å². The van der Waals surface area contributed by atoms with E-state index in [1.165, 1.54) is 0 Å². The van der Waals surface area contributed by atoms with Crippen molar-refractivity contribution in [2.75, 3.05) is 13.1 Å². The molecule has 0 bridgehead atoms. The second-order valence-corrected chi connectivity index (χ2v) is 6.90. The zero-order chi connectivity index (χ0) is 18.8. The molecule has 138 valence electrons. The summed E-state index contributed by atoms with van der Waals surface area (Å²) in [5.41, 5.74) is 2.14. The normalized spacial score (nSPS) is 17.1. The molecule has 0 radical (unpaired) electrons. The molecule has 2 aromatic heterocycles. The van der Waals surface area contributed by atoms with Crippen LogP contribution in [0.5, 0.6) is 0 Å². The first-order valence-corrected chi connectivity index (χ1v) is 9.11. The van der Waals surface area contributed by atoms with Gasteiger partial charge in [0, 0.05) is 36.2 Å². The number of benzene rings is 1. The number of rotatable bonds is 3. The number of aromatic amines is 1. The van der Waals surface area contributed by atoms with Crippen molar-refractivity contribution in [3.8, 4) is 11.3 Å². The second kappa shape index (κ2) is 7.23. The molecule has 1 fully saturated rings. The van der Waals surface area contributed by atoms with E-state index >= 15 is 0 Å². The number of amides is 1. The third-order valence-electron chi connectivity index (χ3n) is 4.92. The molecule has 27 heavy (non-hydrogen) atoms. The van der Waals surface area contributed by atoms with Crippen molar-refractivity contribution in [1.82, 2.24) is 14.9 Å². The van der Waals surface area contributed by atoms with Crippen molar-refractivity contribution >= 4 is 5.91 Å². The smallest absolute Gasteiger partial charge is 0.253 e. The Kier molecular flexibility index (Phi) is 4.62. The van der Waals surface area contributed by atoms with Gasteiger partial charge < -0.3 is 14.3 Å². The maximum atomic E-state index is 13.0. The lowest BCUT2D eigenvalue weighted by Crippen LogP contribution is -2.39. The van der Waals surface area contributed by atoms with Gasteiger partial charge in [0.2, 0.25) is 0 Å². The number of carbonyl (C=O) groups excluding carboxylic acids is 1. The fraction of sp³-hybridized carbons (Fsp3) is 0.286. The van der Waals surface area contributed by atoms with Gasteiger partial charge in [-0.05, 0) is 44.0 Å². The number of furan rings is 1. The number of likely N-dealkylation sites (tertiary alicyclic amines) is 1. The van der Waals surface area contributed by atoms with Crippen LogP contribution in [0.1, 0.15) is 40.6 Å². The highest BCUT2D eigenvalue weighted by molar-refractivity contribution is 5.95. The Morgan fingerprint density at radius 2 is 2.15 bits per heavy atom. The lowest BCUT2D eigenvalue weighted by molar-refractivity contribution is 0.0706. The van der Waals surface area contributed by atoms with Gasteiger partial charge >= 0.3 is 0 Å². The first kappa shape index (κ1) is 17.3. The molecule has 3 heterocycles. The minimum Gasteiger partial charge on any atom is -0.464 e. The highest BCUT2D eigenvalue weighted by atomic mass is 16.3. The molecule has 0 aliphatic carbocycles. The third-order valence-corrected chi connectivity index (χ3v) is 4.92. The minimum absolute atomic E-state index is 0.00494. The van der Waals surface area contributed by atoms with Gasteiger partial charge in [0.1, 0.15) is 11.6 Å². The quantitative estimate of drug-likeness (QED) is 0.774. The molecule has 3 aromatic rings. The van der Waals surface area contributed by atoms with Crippen LogP contribution in [-0.2, 0) is 0 Å². The summed E-state index contributed by atoms with van der Waals surface area (Å²) < 4.78 is 5.43. The second-order valence-electron chi connectivity index (χ2n) is 6.90. The number of H-pyrrole nitrogens is 1. The molecular formula is C21H21N3O3. The van der Waals surface area contributed by atoms with Gasteiger partial charge in [-0.2, -0.15) is 0 Å². The zero-order valence-electron chi connectivity index (χ0n) is 15.1. The maximum absolute atomic E-state index is 13.0. The molecule has 1 amide bonds. The molecule has 1 atom stereocenters. The van der Waals surface area contributed by atoms with Gasteiger partial charge in [-0.15, -0.1) is 0 Å². The largest absolute Gasteiger partial charge is 0.464 e. The van der Waals surface area contributed by atoms with Crippen molar-refractivity contribution in [2.45, 2.75) is 25.7 Å². The van der Waals surface area contributed by atoms with Crippen molar-refractivity contribution in [3.63, 3.8) is 0 Å². The number of hydrogen-bond acceptors (Lipinski definition) is 4. The molecule has 1 saturated heterocycles. The number of nitrogens with one attached hydrogen (secondary N) is 1. The van der Waals surface area contributed by atoms with Crippen LogP contribution < -0.4 is 5.56 Å². The Bertz CT molecular complexity index is 1010. The monoisotopic (exact) mass is 363 g/mol. The van der Waals surface area contributed by atoms with Gasteiger partial charge in [-0.1, -0.05) is 12.1 Å². The van der Waals surface area contributed by atoms with Gasteiger partial charge in [0.05, 0.1) is 12.0 Å². The van der Waals surface area contributed by atoms with Gasteiger partial charge in [0.25, 0.3) is 11.5 Å². The predicted molar refractivity (Wildman–Crippen MR) is 102 cm³/mol. The number of hydrogen-bond donors (Lipinski definition) is 1. The summed E-state index contributed by atoms with van der Waals surface area (Å²) in [4.78, 5) is 33.8. The molecule has 1 aliphatic rings. The van der Waals surface area contributed by atoms with E-state index < -0.39 is 0 Å². The summed E-state index contributed by atoms with van der Waals surface area (Å²) in [5, 5.41) is 0. The number of aromatic nitrogens is 2. The van der Waals surface area contributed by atoms with Crippen LogP contribution in [0.3, 0.4) is 0 Å². The Labute approximate surface area is 156 Å². The molecule has 4 rings (SSSR count). The Hall–Kier alpha value is -3.15. The van der Waals surface area contributed by atoms with E-state index in [1.807, 2.05) is 41.3 Å². The molecule has 0 saturated carbocycles. The van der Waals surface area contributed by atoms with Gasteiger partial charge in [-0.3, -0.25) is 9.59 Å². The standard InChI is InChI=1S/C21H21N3O3/c1-14-22-18(12-20(25)23-14)17-7-3-9-24(13-17)21(26)16-6-2-5-15(11-16)19-8-4-10-27-19/h2,4-6,8,10-12,17H,3,7,9,13H2,1H3,(H,22,23,25). The van der Waals surface area contributed by atoms with E-state index in [4.69, 9.17) is 4.42 Å². The fourth-order valence-electron chi connectivity index (χ4n) is 3.65. The average molecular weight is 363 g/mol. The summed E-state index contributed by atoms with van der Waals surface area (Å²) in [6.45, 7) is 3.05. The Morgan fingerprint density at radius 1 is 1.26 bits per heavy atom. The molecule has 6 heteroatoms. The molecule has 0 spiro atoms. The van der Waals surface area contributed by atoms with Crippen molar-refractivity contribution in [1.29, 1.82) is 0 Å². The highest BCUT2D eigenvalue weighted by Gasteiger charge is 2.27. The summed E-state index contributed by atoms with van der Waals surface area (Å²) in [6.07, 6.45) is 3.43. The summed E-state index contributed by atoms with van der Waals surface area (Å²) >= 11 is 0. The van der Waals surface area contributed by atoms with Crippen LogP contribution in [-0.4, -0.2) is 33.9 Å². The summed E-state index contributed by atoms with van der Waals surface area (Å²) in [5.74, 6) is 1.42. The lowest BCUT2D eigenvalue weighted by atomic mass is 9.94. The maximum Gasteiger partial charge on any atom is 0.253 e. The number of nitrogens with zero attached hydrogens (tertiary/aromatic N) is 2. The van der Waals surface area contributed by atoms with Gasteiger partial charge in [0.15, 0.2) is 0 Å². The molecule has 1 aromatic carbocycles. The van der Waals surface area contributed by atoms with Crippen molar-refractivity contribution in [2.24, 2.45) is 0 Å². The van der Waals surface area contributed by atoms with E-state index in [-0.39, 0.29) is 17.4 Å². The average Bonchev–Trinajstić information content (AvgIpc) is 3.22. The van der Waals surface area contributed by atoms with Crippen molar-refractivity contribution in [3.05, 3.63) is 76.2 Å².